The molecule has 0 fully saturated rings. The number of nitriles is 1. The van der Waals surface area contributed by atoms with Crippen LogP contribution in [0.3, 0.4) is 0 Å². The number of aromatic nitrogens is 1. The van der Waals surface area contributed by atoms with Crippen LogP contribution >= 0.6 is 0 Å². The normalized spacial score (nSPS) is 18.9. The van der Waals surface area contributed by atoms with Crippen LogP contribution in [-0.2, 0) is 4.79 Å². The van der Waals surface area contributed by atoms with Gasteiger partial charge in [0, 0.05) is 37.7 Å². The number of ether oxygens (including phenoxy) is 1. The van der Waals surface area contributed by atoms with Crippen molar-refractivity contribution >= 4 is 11.8 Å². The van der Waals surface area contributed by atoms with E-state index in [0.29, 0.717) is 30.6 Å². The first-order valence-corrected chi connectivity index (χ1v) is 11.1. The maximum Gasteiger partial charge on any atom is 0.259 e. The molecule has 1 aromatic heterocycles. The summed E-state index contributed by atoms with van der Waals surface area (Å²) >= 11 is 0. The summed E-state index contributed by atoms with van der Waals surface area (Å²) in [7, 11) is 1.74. The van der Waals surface area contributed by atoms with E-state index in [4.69, 9.17) is 10.00 Å². The molecule has 1 aromatic carbocycles. The quantitative estimate of drug-likeness (QED) is 0.725. The number of carbonyl (C=O) groups excluding carboxylic acids is 2. The van der Waals surface area contributed by atoms with E-state index in [0.717, 1.165) is 11.1 Å². The monoisotopic (exact) mass is 450 g/mol. The van der Waals surface area contributed by atoms with Gasteiger partial charge in [-0.2, -0.15) is 5.26 Å². The number of likely N-dealkylation sites (N-methyl/N-ethyl adjacent to an activating group) is 1. The van der Waals surface area contributed by atoms with Gasteiger partial charge >= 0.3 is 0 Å². The number of pyridine rings is 1. The fourth-order valence-electron chi connectivity index (χ4n) is 3.86. The third-order valence-electron chi connectivity index (χ3n) is 6.05. The standard InChI is InChI=1S/C25H30N4O4/c1-5-23(31)28(4)14-22-16(2)13-29(17(3)15-30)25(32)21-10-20(12-27-24(21)33-22)19-8-6-18(11-26)7-9-19/h6-10,12,16-17,22,30H,5,13-15H2,1-4H3/t16-,17+,22+/m1/s1. The summed E-state index contributed by atoms with van der Waals surface area (Å²) in [6.07, 6.45) is 1.66. The second-order valence-electron chi connectivity index (χ2n) is 8.52. The van der Waals surface area contributed by atoms with E-state index in [1.54, 1.807) is 60.3 Å². The molecule has 3 atom stereocenters. The number of benzene rings is 1. The highest BCUT2D eigenvalue weighted by Crippen LogP contribution is 2.30. The lowest BCUT2D eigenvalue weighted by molar-refractivity contribution is -0.131. The summed E-state index contributed by atoms with van der Waals surface area (Å²) in [4.78, 5) is 33.4. The maximum absolute atomic E-state index is 13.5. The van der Waals surface area contributed by atoms with Gasteiger partial charge in [0.1, 0.15) is 11.7 Å². The first kappa shape index (κ1) is 24.2. The highest BCUT2D eigenvalue weighted by atomic mass is 16.5. The van der Waals surface area contributed by atoms with Crippen LogP contribution < -0.4 is 4.74 Å². The van der Waals surface area contributed by atoms with Crippen LogP contribution in [0.1, 0.15) is 43.1 Å². The second-order valence-corrected chi connectivity index (χ2v) is 8.52. The summed E-state index contributed by atoms with van der Waals surface area (Å²) < 4.78 is 6.22. The lowest BCUT2D eigenvalue weighted by Crippen LogP contribution is -2.50. The highest BCUT2D eigenvalue weighted by Gasteiger charge is 2.34. The van der Waals surface area contributed by atoms with E-state index >= 15 is 0 Å². The molecule has 0 saturated heterocycles. The maximum atomic E-state index is 13.5. The van der Waals surface area contributed by atoms with E-state index in [1.165, 1.54) is 0 Å². The fourth-order valence-corrected chi connectivity index (χ4v) is 3.86. The number of amides is 2. The van der Waals surface area contributed by atoms with Crippen LogP contribution in [0.4, 0.5) is 0 Å². The summed E-state index contributed by atoms with van der Waals surface area (Å²) in [5.41, 5.74) is 2.38. The van der Waals surface area contributed by atoms with Crippen molar-refractivity contribution in [3.63, 3.8) is 0 Å². The van der Waals surface area contributed by atoms with E-state index in [-0.39, 0.29) is 42.4 Å². The average molecular weight is 451 g/mol. The van der Waals surface area contributed by atoms with Gasteiger partial charge in [0.25, 0.3) is 5.91 Å². The van der Waals surface area contributed by atoms with Crippen LogP contribution in [0.5, 0.6) is 5.88 Å². The predicted molar refractivity (Wildman–Crippen MR) is 123 cm³/mol. The van der Waals surface area contributed by atoms with Gasteiger partial charge in [0.2, 0.25) is 11.8 Å². The van der Waals surface area contributed by atoms with Crippen LogP contribution in [0.15, 0.2) is 36.5 Å². The first-order valence-electron chi connectivity index (χ1n) is 11.1. The average Bonchev–Trinajstić information content (AvgIpc) is 2.84. The van der Waals surface area contributed by atoms with E-state index in [9.17, 15) is 14.7 Å². The van der Waals surface area contributed by atoms with Gasteiger partial charge in [-0.15, -0.1) is 0 Å². The summed E-state index contributed by atoms with van der Waals surface area (Å²) in [6.45, 7) is 6.14. The van der Waals surface area contributed by atoms with E-state index in [1.807, 2.05) is 13.8 Å². The van der Waals surface area contributed by atoms with Gasteiger partial charge < -0.3 is 19.6 Å². The Bertz CT molecular complexity index is 1050. The van der Waals surface area contributed by atoms with Crippen LogP contribution in [0.2, 0.25) is 0 Å². The molecule has 2 aromatic rings. The van der Waals surface area contributed by atoms with Crippen molar-refractivity contribution in [2.24, 2.45) is 5.92 Å². The van der Waals surface area contributed by atoms with Crippen LogP contribution in [-0.4, -0.2) is 70.6 Å². The molecule has 8 heteroatoms. The molecule has 2 heterocycles. The minimum absolute atomic E-state index is 0.00821. The molecule has 33 heavy (non-hydrogen) atoms. The molecule has 1 N–H and O–H groups in total. The number of nitrogens with zero attached hydrogens (tertiary/aromatic N) is 4. The Kier molecular flexibility index (Phi) is 7.67. The van der Waals surface area contributed by atoms with Gasteiger partial charge in [-0.05, 0) is 30.7 Å². The molecule has 0 spiro atoms. The Morgan fingerprint density at radius 2 is 2.06 bits per heavy atom. The molecule has 174 valence electrons. The number of hydrogen-bond acceptors (Lipinski definition) is 6. The molecule has 8 nitrogen and oxygen atoms in total. The van der Waals surface area contributed by atoms with Crippen molar-refractivity contribution < 1.29 is 19.4 Å². The molecule has 0 saturated carbocycles. The number of carbonyl (C=O) groups is 2. The largest absolute Gasteiger partial charge is 0.472 e. The Labute approximate surface area is 194 Å². The second kappa shape index (κ2) is 10.5. The van der Waals surface area contributed by atoms with Gasteiger partial charge in [0.05, 0.1) is 30.8 Å². The van der Waals surface area contributed by atoms with Crippen LogP contribution in [0, 0.1) is 17.2 Å². The van der Waals surface area contributed by atoms with Crippen molar-refractivity contribution in [1.82, 2.24) is 14.8 Å². The molecule has 3 rings (SSSR count). The lowest BCUT2D eigenvalue weighted by atomic mass is 9.99. The topological polar surface area (TPSA) is 107 Å². The lowest BCUT2D eigenvalue weighted by Gasteiger charge is -2.37. The number of aliphatic hydroxyl groups excluding tert-OH is 1. The third-order valence-corrected chi connectivity index (χ3v) is 6.05. The van der Waals surface area contributed by atoms with Crippen molar-refractivity contribution in [1.29, 1.82) is 5.26 Å². The number of rotatable bonds is 6. The first-order chi connectivity index (χ1) is 15.8. The molecule has 0 aliphatic carbocycles. The smallest absolute Gasteiger partial charge is 0.259 e. The molecule has 1 aliphatic rings. The highest BCUT2D eigenvalue weighted by molar-refractivity contribution is 5.98. The molecule has 2 amide bonds. The predicted octanol–water partition coefficient (Wildman–Crippen LogP) is 2.71. The Morgan fingerprint density at radius 3 is 2.67 bits per heavy atom. The number of hydrogen-bond donors (Lipinski definition) is 1. The molecular formula is C25H30N4O4. The zero-order valence-corrected chi connectivity index (χ0v) is 19.5. The SMILES string of the molecule is CCC(=O)N(C)C[C@@H]1Oc2ncc(-c3ccc(C#N)cc3)cc2C(=O)N([C@@H](C)CO)C[C@H]1C. The van der Waals surface area contributed by atoms with Crippen molar-refractivity contribution in [2.75, 3.05) is 26.7 Å². The molecule has 1 aliphatic heterocycles. The summed E-state index contributed by atoms with van der Waals surface area (Å²) in [5.74, 6) is -0.142. The van der Waals surface area contributed by atoms with Crippen LogP contribution in [0.25, 0.3) is 11.1 Å². The molecule has 0 radical (unpaired) electrons. The van der Waals surface area contributed by atoms with Crippen molar-refractivity contribution in [3.05, 3.63) is 47.7 Å². The minimum Gasteiger partial charge on any atom is -0.472 e. The van der Waals surface area contributed by atoms with E-state index < -0.39 is 0 Å². The number of fused-ring (bicyclic) bond motifs is 1. The Morgan fingerprint density at radius 1 is 1.36 bits per heavy atom. The zero-order valence-electron chi connectivity index (χ0n) is 19.5. The van der Waals surface area contributed by atoms with Gasteiger partial charge in [-0.3, -0.25) is 9.59 Å². The fraction of sp³-hybridized carbons (Fsp3) is 0.440. The van der Waals surface area contributed by atoms with Gasteiger partial charge in [-0.1, -0.05) is 26.0 Å². The van der Waals surface area contributed by atoms with Gasteiger partial charge in [0.15, 0.2) is 0 Å². The number of aliphatic hydroxyl groups is 1. The molecule has 0 bridgehead atoms. The zero-order chi connectivity index (χ0) is 24.1. The Hall–Kier alpha value is -3.44. The minimum atomic E-state index is -0.389. The van der Waals surface area contributed by atoms with Gasteiger partial charge in [-0.25, -0.2) is 4.98 Å². The third kappa shape index (κ3) is 5.32. The summed E-state index contributed by atoms with van der Waals surface area (Å²) in [6, 6.07) is 10.5. The van der Waals surface area contributed by atoms with E-state index in [2.05, 4.69) is 11.1 Å². The molecule has 0 unspecified atom stereocenters. The molecular weight excluding hydrogens is 420 g/mol. The Balaban J connectivity index is 2.03. The van der Waals surface area contributed by atoms with Crippen molar-refractivity contribution in [3.8, 4) is 23.1 Å². The summed E-state index contributed by atoms with van der Waals surface area (Å²) in [5, 5.41) is 18.8. The van der Waals surface area contributed by atoms with Crippen molar-refractivity contribution in [2.45, 2.75) is 39.3 Å².